The van der Waals surface area contributed by atoms with E-state index in [2.05, 4.69) is 15.3 Å². The smallest absolute Gasteiger partial charge is 0.382 e. The van der Waals surface area contributed by atoms with Gasteiger partial charge in [0.1, 0.15) is 22.9 Å². The normalized spacial score (nSPS) is 14.4. The summed E-state index contributed by atoms with van der Waals surface area (Å²) in [5, 5.41) is 12.8. The summed E-state index contributed by atoms with van der Waals surface area (Å²) >= 11 is 0. The number of nitrogens with zero attached hydrogens (tertiary/aromatic N) is 3. The fourth-order valence-electron chi connectivity index (χ4n) is 3.72. The average molecular weight is 472 g/mol. The lowest BCUT2D eigenvalue weighted by atomic mass is 10.0. The summed E-state index contributed by atoms with van der Waals surface area (Å²) in [6, 6.07) is 8.54. The number of nitrogen functional groups attached to an aromatic ring is 1. The lowest BCUT2D eigenvalue weighted by molar-refractivity contribution is -0.138. The molecule has 0 aliphatic heterocycles. The van der Waals surface area contributed by atoms with Crippen molar-refractivity contribution in [2.75, 3.05) is 11.1 Å². The number of nitrogens with one attached hydrogen (secondary N) is 1. The Morgan fingerprint density at radius 2 is 2.00 bits per heavy atom. The number of nitrogens with two attached hydrogens (primary N) is 1. The Morgan fingerprint density at radius 1 is 1.24 bits per heavy atom. The van der Waals surface area contributed by atoms with E-state index >= 15 is 0 Å². The molecular weight excluding hydrogens is 447 g/mol. The number of carbonyl (C=O) groups excluding carboxylic acids is 1. The number of alkyl halides is 3. The molecule has 0 aliphatic carbocycles. The lowest BCUT2D eigenvalue weighted by Crippen LogP contribution is -2.21. The number of aromatic nitrogens is 3. The predicted octanol–water partition coefficient (Wildman–Crippen LogP) is 4.59. The van der Waals surface area contributed by atoms with E-state index in [9.17, 15) is 23.1 Å². The highest BCUT2D eigenvalue weighted by Gasteiger charge is 2.31. The van der Waals surface area contributed by atoms with Crippen LogP contribution in [0.25, 0.3) is 16.8 Å². The Kier molecular flexibility index (Phi) is 4.86. The molecule has 0 saturated carbocycles. The molecule has 2 aromatic carbocycles. The van der Waals surface area contributed by atoms with Crippen molar-refractivity contribution in [3.05, 3.63) is 76.9 Å². The largest absolute Gasteiger partial charge is 0.416 e. The van der Waals surface area contributed by atoms with Gasteiger partial charge in [0.05, 0.1) is 5.56 Å². The molecule has 4 N–H and O–H groups in total. The fraction of sp³-hybridized carbons (Fsp3) is 0.208. The van der Waals surface area contributed by atoms with Crippen molar-refractivity contribution in [2.24, 2.45) is 0 Å². The number of benzene rings is 2. The van der Waals surface area contributed by atoms with Crippen LogP contribution < -0.4 is 11.1 Å². The van der Waals surface area contributed by atoms with Gasteiger partial charge in [-0.1, -0.05) is 18.2 Å². The molecular formula is C24H22F3N5O2. The van der Waals surface area contributed by atoms with E-state index < -0.39 is 30.6 Å². The number of fused-ring (bicyclic) bond motifs is 1. The van der Waals surface area contributed by atoms with Crippen LogP contribution in [0.5, 0.6) is 0 Å². The highest BCUT2D eigenvalue weighted by Crippen LogP contribution is 2.33. The van der Waals surface area contributed by atoms with Crippen molar-refractivity contribution in [1.29, 1.82) is 0 Å². The summed E-state index contributed by atoms with van der Waals surface area (Å²) in [5.41, 5.74) is 7.42. The fourth-order valence-corrected chi connectivity index (χ4v) is 3.72. The number of imidazole rings is 1. The van der Waals surface area contributed by atoms with E-state index in [4.69, 9.17) is 9.85 Å². The molecule has 2 aromatic heterocycles. The first-order chi connectivity index (χ1) is 17.2. The van der Waals surface area contributed by atoms with E-state index in [1.165, 1.54) is 22.7 Å². The maximum Gasteiger partial charge on any atom is 0.416 e. The molecule has 4 rings (SSSR count). The third kappa shape index (κ3) is 4.19. The first-order valence-corrected chi connectivity index (χ1v) is 10.1. The van der Waals surface area contributed by atoms with Gasteiger partial charge in [0.25, 0.3) is 5.91 Å². The summed E-state index contributed by atoms with van der Waals surface area (Å²) in [5.74, 6) is -1.01. The number of aliphatic hydroxyl groups excluding tert-OH is 1. The standard InChI is InChI=1S/C24H22F3N5O2/c1-12-9-17(31-23(34)21(33)15-5-4-6-16(10-15)24(25,26)27)7-8-18(12)19-20-22(28)29-11-13(2)32(20)14(3)30-19/h4-11,21,33H,1-3H3,(H2,28,29)(H,31,34)/i3D3. The number of amides is 1. The first-order valence-electron chi connectivity index (χ1n) is 11.6. The Bertz CT molecular complexity index is 1520. The van der Waals surface area contributed by atoms with Crippen LogP contribution in [0, 0.1) is 20.7 Å². The van der Waals surface area contributed by atoms with Crippen LogP contribution >= 0.6 is 0 Å². The van der Waals surface area contributed by atoms with Gasteiger partial charge >= 0.3 is 6.18 Å². The van der Waals surface area contributed by atoms with Gasteiger partial charge in [0.2, 0.25) is 0 Å². The van der Waals surface area contributed by atoms with Crippen LogP contribution in [-0.4, -0.2) is 25.4 Å². The van der Waals surface area contributed by atoms with Crippen molar-refractivity contribution in [1.82, 2.24) is 14.4 Å². The summed E-state index contributed by atoms with van der Waals surface area (Å²) in [4.78, 5) is 21.0. The number of hydrogen-bond donors (Lipinski definition) is 3. The van der Waals surface area contributed by atoms with E-state index in [1.807, 2.05) is 0 Å². The zero-order valence-corrected chi connectivity index (χ0v) is 18.1. The van der Waals surface area contributed by atoms with E-state index in [-0.39, 0.29) is 22.9 Å². The van der Waals surface area contributed by atoms with Crippen LogP contribution in [0.3, 0.4) is 0 Å². The number of carbonyl (C=O) groups is 1. The van der Waals surface area contributed by atoms with Crippen molar-refractivity contribution in [3.63, 3.8) is 0 Å². The quantitative estimate of drug-likeness (QED) is 0.403. The molecule has 0 bridgehead atoms. The van der Waals surface area contributed by atoms with Crippen molar-refractivity contribution in [2.45, 2.75) is 33.0 Å². The molecule has 0 aliphatic rings. The zero-order chi connectivity index (χ0) is 27.3. The van der Waals surface area contributed by atoms with Crippen LogP contribution in [0.15, 0.2) is 48.7 Å². The third-order valence-corrected chi connectivity index (χ3v) is 5.39. The Labute approximate surface area is 197 Å². The molecule has 0 saturated heterocycles. The lowest BCUT2D eigenvalue weighted by Gasteiger charge is -2.15. The number of aryl methyl sites for hydroxylation is 3. The Hall–Kier alpha value is -3.92. The third-order valence-electron chi connectivity index (χ3n) is 5.39. The van der Waals surface area contributed by atoms with Crippen LogP contribution in [-0.2, 0) is 11.0 Å². The average Bonchev–Trinajstić information content (AvgIpc) is 3.23. The summed E-state index contributed by atoms with van der Waals surface area (Å²) < 4.78 is 64.0. The molecule has 2 heterocycles. The van der Waals surface area contributed by atoms with E-state index in [1.54, 1.807) is 26.0 Å². The second kappa shape index (κ2) is 8.45. The van der Waals surface area contributed by atoms with Crippen LogP contribution in [0.2, 0.25) is 0 Å². The minimum Gasteiger partial charge on any atom is -0.382 e. The summed E-state index contributed by atoms with van der Waals surface area (Å²) in [6.45, 7) is 0.857. The molecule has 0 spiro atoms. The Balaban J connectivity index is 1.67. The van der Waals surface area contributed by atoms with Crippen LogP contribution in [0.4, 0.5) is 24.7 Å². The number of anilines is 2. The highest BCUT2D eigenvalue weighted by atomic mass is 19.4. The monoisotopic (exact) mass is 472 g/mol. The zero-order valence-electron chi connectivity index (χ0n) is 21.1. The first kappa shape index (κ1) is 19.5. The second-order valence-electron chi connectivity index (χ2n) is 7.80. The van der Waals surface area contributed by atoms with E-state index in [0.29, 0.717) is 34.1 Å². The summed E-state index contributed by atoms with van der Waals surface area (Å²) in [6.07, 6.45) is -5.01. The van der Waals surface area contributed by atoms with Crippen molar-refractivity contribution < 1.29 is 27.2 Å². The van der Waals surface area contributed by atoms with Gasteiger partial charge < -0.3 is 16.2 Å². The number of aliphatic hydroxyl groups is 1. The van der Waals surface area contributed by atoms with Gasteiger partial charge in [0.15, 0.2) is 6.10 Å². The van der Waals surface area contributed by atoms with Gasteiger partial charge in [-0.05, 0) is 56.1 Å². The van der Waals surface area contributed by atoms with Crippen molar-refractivity contribution >= 4 is 22.9 Å². The second-order valence-corrected chi connectivity index (χ2v) is 7.80. The topological polar surface area (TPSA) is 106 Å². The van der Waals surface area contributed by atoms with Gasteiger partial charge in [-0.25, -0.2) is 9.97 Å². The molecule has 0 fully saturated rings. The van der Waals surface area contributed by atoms with Gasteiger partial charge in [0, 0.05) is 27.3 Å². The minimum absolute atomic E-state index is 0.0876. The maximum absolute atomic E-state index is 13.0. The SMILES string of the molecule is [2H]C([2H])([2H])c1nc(-c2ccc(NC(=O)C(O)c3cccc(C(F)(F)F)c3)cc2C)c2c(N)ncc(C)n12. The van der Waals surface area contributed by atoms with Gasteiger partial charge in [-0.2, -0.15) is 13.2 Å². The minimum atomic E-state index is -4.62. The maximum atomic E-state index is 13.0. The number of halogens is 3. The summed E-state index contributed by atoms with van der Waals surface area (Å²) in [7, 11) is 0. The number of rotatable bonds is 4. The molecule has 7 nitrogen and oxygen atoms in total. The molecule has 1 unspecified atom stereocenters. The van der Waals surface area contributed by atoms with Crippen molar-refractivity contribution in [3.8, 4) is 11.3 Å². The highest BCUT2D eigenvalue weighted by molar-refractivity contribution is 5.95. The van der Waals surface area contributed by atoms with Crippen LogP contribution in [0.1, 0.15) is 38.4 Å². The molecule has 34 heavy (non-hydrogen) atoms. The van der Waals surface area contributed by atoms with E-state index in [0.717, 1.165) is 12.1 Å². The number of hydrogen-bond acceptors (Lipinski definition) is 5. The molecule has 1 atom stereocenters. The molecule has 0 radical (unpaired) electrons. The molecule has 1 amide bonds. The molecule has 176 valence electrons. The Morgan fingerprint density at radius 3 is 2.68 bits per heavy atom. The van der Waals surface area contributed by atoms with Gasteiger partial charge in [-0.3, -0.25) is 9.20 Å². The predicted molar refractivity (Wildman–Crippen MR) is 122 cm³/mol. The molecule has 10 heteroatoms. The van der Waals surface area contributed by atoms with Gasteiger partial charge in [-0.15, -0.1) is 0 Å². The molecule has 4 aromatic rings.